The molecule has 0 spiro atoms. The fraction of sp³-hybridized carbons (Fsp3) is 0.478. The molecular weight excluding hydrogens is 370 g/mol. The molecular formula is C23H30ClN3O. The van der Waals surface area contributed by atoms with E-state index in [9.17, 15) is 5.11 Å². The van der Waals surface area contributed by atoms with Gasteiger partial charge in [-0.15, -0.1) is 0 Å². The molecule has 0 bridgehead atoms. The van der Waals surface area contributed by atoms with Crippen LogP contribution >= 0.6 is 11.6 Å². The van der Waals surface area contributed by atoms with Crippen LogP contribution in [0.2, 0.25) is 5.02 Å². The number of β-amino-alcohol motifs (C(OH)–C–C–N with tert-alkyl or cyclic N) is 1. The minimum Gasteiger partial charge on any atom is -0.390 e. The number of benzene rings is 2. The molecule has 2 heterocycles. The van der Waals surface area contributed by atoms with Crippen LogP contribution in [0.3, 0.4) is 0 Å². The van der Waals surface area contributed by atoms with Gasteiger partial charge in [0, 0.05) is 56.5 Å². The van der Waals surface area contributed by atoms with Crippen LogP contribution in [0.15, 0.2) is 42.5 Å². The van der Waals surface area contributed by atoms with E-state index < -0.39 is 0 Å². The van der Waals surface area contributed by atoms with Gasteiger partial charge in [-0.25, -0.2) is 0 Å². The molecule has 2 aromatic carbocycles. The lowest BCUT2D eigenvalue weighted by Gasteiger charge is -2.38. The second-order valence-electron chi connectivity index (χ2n) is 8.32. The summed E-state index contributed by atoms with van der Waals surface area (Å²) in [6.07, 6.45) is -0.288. The smallest absolute Gasteiger partial charge is 0.0887 e. The average Bonchev–Trinajstić information content (AvgIpc) is 3.05. The van der Waals surface area contributed by atoms with Gasteiger partial charge < -0.3 is 10.0 Å². The fourth-order valence-corrected chi connectivity index (χ4v) is 4.70. The third-order valence-corrected chi connectivity index (χ3v) is 6.28. The first-order chi connectivity index (χ1) is 13.5. The zero-order valence-corrected chi connectivity index (χ0v) is 17.6. The van der Waals surface area contributed by atoms with Crippen LogP contribution in [-0.2, 0) is 6.54 Å². The molecule has 2 atom stereocenters. The van der Waals surface area contributed by atoms with Crippen LogP contribution in [-0.4, -0.2) is 66.3 Å². The Kier molecular flexibility index (Phi) is 5.93. The van der Waals surface area contributed by atoms with E-state index in [1.54, 1.807) is 0 Å². The predicted octanol–water partition coefficient (Wildman–Crippen LogP) is 3.32. The van der Waals surface area contributed by atoms with E-state index in [4.69, 9.17) is 11.6 Å². The minimum absolute atomic E-state index is 0.221. The minimum atomic E-state index is -0.288. The summed E-state index contributed by atoms with van der Waals surface area (Å²) in [7, 11) is 0. The number of anilines is 1. The molecule has 2 aromatic rings. The van der Waals surface area contributed by atoms with E-state index in [0.717, 1.165) is 50.8 Å². The van der Waals surface area contributed by atoms with Crippen LogP contribution < -0.4 is 4.90 Å². The van der Waals surface area contributed by atoms with Crippen molar-refractivity contribution in [2.24, 2.45) is 0 Å². The third-order valence-electron chi connectivity index (χ3n) is 6.03. The van der Waals surface area contributed by atoms with Crippen LogP contribution in [0, 0.1) is 13.8 Å². The number of rotatable bonds is 4. The topological polar surface area (TPSA) is 30.0 Å². The van der Waals surface area contributed by atoms with E-state index in [1.807, 2.05) is 12.1 Å². The number of aliphatic hydroxyl groups excluding tert-OH is 1. The van der Waals surface area contributed by atoms with Gasteiger partial charge in [0.15, 0.2) is 0 Å². The molecule has 0 unspecified atom stereocenters. The van der Waals surface area contributed by atoms with E-state index in [0.29, 0.717) is 0 Å². The van der Waals surface area contributed by atoms with Crippen molar-refractivity contribution < 1.29 is 5.11 Å². The van der Waals surface area contributed by atoms with E-state index in [-0.39, 0.29) is 12.1 Å². The molecule has 0 amide bonds. The lowest BCUT2D eigenvalue weighted by molar-refractivity contribution is 0.0424. The SMILES string of the molecule is Cc1cc(C)cc(N2C[C@@H](O)[C@H](N3CCN(Cc4ccc(Cl)cc4)CC3)C2)c1. The van der Waals surface area contributed by atoms with Crippen LogP contribution in [0.25, 0.3) is 0 Å². The van der Waals surface area contributed by atoms with Gasteiger partial charge in [0.25, 0.3) is 0 Å². The summed E-state index contributed by atoms with van der Waals surface area (Å²) in [5, 5.41) is 11.5. The maximum Gasteiger partial charge on any atom is 0.0887 e. The zero-order chi connectivity index (χ0) is 19.7. The number of hydrogen-bond acceptors (Lipinski definition) is 4. The van der Waals surface area contributed by atoms with Crippen LogP contribution in [0.1, 0.15) is 16.7 Å². The largest absolute Gasteiger partial charge is 0.390 e. The molecule has 2 aliphatic rings. The Morgan fingerprint density at radius 2 is 1.57 bits per heavy atom. The Morgan fingerprint density at radius 3 is 2.21 bits per heavy atom. The highest BCUT2D eigenvalue weighted by Crippen LogP contribution is 2.26. The summed E-state index contributed by atoms with van der Waals surface area (Å²) in [5.74, 6) is 0. The Balaban J connectivity index is 1.33. The number of aliphatic hydroxyl groups is 1. The fourth-order valence-electron chi connectivity index (χ4n) is 4.57. The molecule has 0 aromatic heterocycles. The molecule has 2 saturated heterocycles. The summed E-state index contributed by atoms with van der Waals surface area (Å²) >= 11 is 5.99. The number of halogens is 1. The van der Waals surface area contributed by atoms with Gasteiger partial charge in [0.2, 0.25) is 0 Å². The monoisotopic (exact) mass is 399 g/mol. The number of hydrogen-bond donors (Lipinski definition) is 1. The maximum absolute atomic E-state index is 10.7. The van der Waals surface area contributed by atoms with Gasteiger partial charge >= 0.3 is 0 Å². The highest BCUT2D eigenvalue weighted by Gasteiger charge is 2.36. The molecule has 150 valence electrons. The number of piperazine rings is 1. The molecule has 28 heavy (non-hydrogen) atoms. The molecule has 0 aliphatic carbocycles. The standard InChI is InChI=1S/C23H30ClN3O/c1-17-11-18(2)13-21(12-17)27-15-22(23(28)16-27)26-9-7-25(8-10-26)14-19-3-5-20(24)6-4-19/h3-6,11-13,22-23,28H,7-10,14-16H2,1-2H3/t22-,23-/m1/s1. The lowest BCUT2D eigenvalue weighted by Crippen LogP contribution is -2.53. The first-order valence-electron chi connectivity index (χ1n) is 10.2. The molecule has 1 N–H and O–H groups in total. The summed E-state index contributed by atoms with van der Waals surface area (Å²) in [4.78, 5) is 7.31. The summed E-state index contributed by atoms with van der Waals surface area (Å²) < 4.78 is 0. The van der Waals surface area contributed by atoms with Crippen molar-refractivity contribution in [3.8, 4) is 0 Å². The van der Waals surface area contributed by atoms with Crippen molar-refractivity contribution in [3.63, 3.8) is 0 Å². The molecule has 0 saturated carbocycles. The van der Waals surface area contributed by atoms with Crippen molar-refractivity contribution in [2.75, 3.05) is 44.2 Å². The van der Waals surface area contributed by atoms with Crippen molar-refractivity contribution in [1.82, 2.24) is 9.80 Å². The normalized spacial score (nSPS) is 24.1. The van der Waals surface area contributed by atoms with E-state index >= 15 is 0 Å². The van der Waals surface area contributed by atoms with E-state index in [1.165, 1.54) is 22.4 Å². The molecule has 4 nitrogen and oxygen atoms in total. The van der Waals surface area contributed by atoms with Crippen molar-refractivity contribution in [2.45, 2.75) is 32.5 Å². The Labute approximate surface area is 173 Å². The second-order valence-corrected chi connectivity index (χ2v) is 8.76. The Hall–Kier alpha value is -1.59. The highest BCUT2D eigenvalue weighted by molar-refractivity contribution is 6.30. The van der Waals surface area contributed by atoms with Crippen molar-refractivity contribution in [1.29, 1.82) is 0 Å². The molecule has 5 heteroatoms. The lowest BCUT2D eigenvalue weighted by atomic mass is 10.1. The quantitative estimate of drug-likeness (QED) is 0.854. The zero-order valence-electron chi connectivity index (χ0n) is 16.8. The number of aryl methyl sites for hydroxylation is 2. The summed E-state index contributed by atoms with van der Waals surface area (Å²) in [6, 6.07) is 15.0. The summed E-state index contributed by atoms with van der Waals surface area (Å²) in [6.45, 7) is 11.0. The molecule has 4 rings (SSSR count). The van der Waals surface area contributed by atoms with Crippen molar-refractivity contribution >= 4 is 17.3 Å². The van der Waals surface area contributed by atoms with Crippen molar-refractivity contribution in [3.05, 3.63) is 64.2 Å². The van der Waals surface area contributed by atoms with E-state index in [2.05, 4.69) is 58.9 Å². The molecule has 2 aliphatic heterocycles. The predicted molar refractivity (Wildman–Crippen MR) is 116 cm³/mol. The number of nitrogens with zero attached hydrogens (tertiary/aromatic N) is 3. The third kappa shape index (κ3) is 4.52. The maximum atomic E-state index is 10.7. The first-order valence-corrected chi connectivity index (χ1v) is 10.6. The average molecular weight is 400 g/mol. The van der Waals surface area contributed by atoms with Gasteiger partial charge in [-0.1, -0.05) is 29.8 Å². The van der Waals surface area contributed by atoms with Crippen LogP contribution in [0.5, 0.6) is 0 Å². The second kappa shape index (κ2) is 8.42. The van der Waals surface area contributed by atoms with Gasteiger partial charge in [-0.05, 0) is 54.8 Å². The van der Waals surface area contributed by atoms with Crippen LogP contribution in [0.4, 0.5) is 5.69 Å². The summed E-state index contributed by atoms with van der Waals surface area (Å²) in [5.41, 5.74) is 5.10. The van der Waals surface area contributed by atoms with Gasteiger partial charge in [-0.3, -0.25) is 9.80 Å². The van der Waals surface area contributed by atoms with Gasteiger partial charge in [0.05, 0.1) is 12.1 Å². The Morgan fingerprint density at radius 1 is 0.929 bits per heavy atom. The first kappa shape index (κ1) is 19.7. The Bertz CT molecular complexity index is 782. The molecule has 2 fully saturated rings. The molecule has 0 radical (unpaired) electrons. The van der Waals surface area contributed by atoms with Gasteiger partial charge in [0.1, 0.15) is 0 Å². The highest BCUT2D eigenvalue weighted by atomic mass is 35.5. The van der Waals surface area contributed by atoms with Gasteiger partial charge in [-0.2, -0.15) is 0 Å².